The molecular formula is C25H28N4O6. The highest BCUT2D eigenvalue weighted by Crippen LogP contribution is 2.35. The zero-order chi connectivity index (χ0) is 25.4. The third-order valence-corrected chi connectivity index (χ3v) is 5.72. The van der Waals surface area contributed by atoms with E-state index < -0.39 is 47.7 Å². The minimum atomic E-state index is -1.38. The predicted molar refractivity (Wildman–Crippen MR) is 127 cm³/mol. The van der Waals surface area contributed by atoms with Crippen LogP contribution in [-0.4, -0.2) is 38.2 Å². The number of hydrogen-bond donors (Lipinski definition) is 0. The van der Waals surface area contributed by atoms with Crippen LogP contribution < -0.4 is 10.5 Å². The molecule has 3 aromatic rings. The number of ether oxygens (including phenoxy) is 2. The fourth-order valence-corrected chi connectivity index (χ4v) is 3.88. The second kappa shape index (κ2) is 9.36. The number of fused-ring (bicyclic) bond motifs is 2. The van der Waals surface area contributed by atoms with Gasteiger partial charge in [-0.3, -0.25) is 19.2 Å². The third kappa shape index (κ3) is 4.43. The first-order chi connectivity index (χ1) is 16.6. The lowest BCUT2D eigenvalue weighted by Crippen LogP contribution is -2.43. The highest BCUT2D eigenvalue weighted by molar-refractivity contribution is 5.93. The van der Waals surface area contributed by atoms with Crippen LogP contribution in [0.4, 0.5) is 5.95 Å². The standard InChI is InChI=1S/C25H28N4O6/c1-14(2)23(32)34-21-22(35-24(33)15(3)4)29-20(31)19-18(26-25(29)28(21)16(5)30)11-12-27(19)13-17-9-7-6-8-10-17/h6-12,14-15,21-22H,13H2,1-5H3. The van der Waals surface area contributed by atoms with Gasteiger partial charge in [0.1, 0.15) is 5.52 Å². The summed E-state index contributed by atoms with van der Waals surface area (Å²) in [4.78, 5) is 57.2. The first kappa shape index (κ1) is 24.2. The Morgan fingerprint density at radius 1 is 0.943 bits per heavy atom. The number of amides is 1. The average molecular weight is 481 g/mol. The van der Waals surface area contributed by atoms with Gasteiger partial charge in [-0.05, 0) is 11.6 Å². The molecule has 4 rings (SSSR count). The van der Waals surface area contributed by atoms with Gasteiger partial charge < -0.3 is 14.0 Å². The SMILES string of the molecule is CC(=O)N1c2nc3ccn(Cc4ccccc4)c3c(=O)n2C(OC(=O)C(C)C)C1OC(=O)C(C)C. The Hall–Kier alpha value is -3.95. The number of nitrogens with zero attached hydrogens (tertiary/aromatic N) is 4. The molecule has 10 heteroatoms. The second-order valence-corrected chi connectivity index (χ2v) is 9.10. The fourth-order valence-electron chi connectivity index (χ4n) is 3.88. The average Bonchev–Trinajstić information content (AvgIpc) is 3.33. The topological polar surface area (TPSA) is 113 Å². The molecule has 0 saturated carbocycles. The van der Waals surface area contributed by atoms with Crippen molar-refractivity contribution in [2.75, 3.05) is 4.90 Å². The van der Waals surface area contributed by atoms with Crippen molar-refractivity contribution in [1.29, 1.82) is 0 Å². The summed E-state index contributed by atoms with van der Waals surface area (Å²) in [5.41, 5.74) is 1.12. The molecule has 0 N–H and O–H groups in total. The molecule has 3 heterocycles. The number of benzene rings is 1. The maximum atomic E-state index is 13.8. The van der Waals surface area contributed by atoms with Gasteiger partial charge >= 0.3 is 11.9 Å². The normalized spacial score (nSPS) is 17.2. The molecular weight excluding hydrogens is 452 g/mol. The minimum absolute atomic E-state index is 0.0458. The van der Waals surface area contributed by atoms with Crippen molar-refractivity contribution in [3.63, 3.8) is 0 Å². The van der Waals surface area contributed by atoms with E-state index in [1.165, 1.54) is 6.92 Å². The van der Waals surface area contributed by atoms with Crippen molar-refractivity contribution in [3.05, 3.63) is 58.5 Å². The van der Waals surface area contributed by atoms with Crippen LogP contribution in [-0.2, 0) is 30.4 Å². The Labute approximate surface area is 202 Å². The lowest BCUT2D eigenvalue weighted by atomic mass is 10.2. The van der Waals surface area contributed by atoms with Gasteiger partial charge in [-0.1, -0.05) is 58.0 Å². The highest BCUT2D eigenvalue weighted by atomic mass is 16.6. The monoisotopic (exact) mass is 480 g/mol. The van der Waals surface area contributed by atoms with E-state index in [9.17, 15) is 19.2 Å². The van der Waals surface area contributed by atoms with Crippen LogP contribution in [0.2, 0.25) is 0 Å². The number of carbonyl (C=O) groups excluding carboxylic acids is 3. The third-order valence-electron chi connectivity index (χ3n) is 5.72. The Morgan fingerprint density at radius 3 is 2.11 bits per heavy atom. The molecule has 1 aromatic carbocycles. The van der Waals surface area contributed by atoms with Crippen molar-refractivity contribution in [2.24, 2.45) is 11.8 Å². The van der Waals surface area contributed by atoms with Crippen LogP contribution >= 0.6 is 0 Å². The van der Waals surface area contributed by atoms with E-state index in [4.69, 9.17) is 9.47 Å². The molecule has 184 valence electrons. The number of hydrogen-bond acceptors (Lipinski definition) is 7. The van der Waals surface area contributed by atoms with Crippen LogP contribution in [0.1, 0.15) is 46.4 Å². The molecule has 0 spiro atoms. The Balaban J connectivity index is 1.89. The molecule has 0 saturated heterocycles. The van der Waals surface area contributed by atoms with E-state index in [2.05, 4.69) is 4.98 Å². The summed E-state index contributed by atoms with van der Waals surface area (Å²) in [5.74, 6) is -2.79. The first-order valence-electron chi connectivity index (χ1n) is 11.5. The number of esters is 2. The van der Waals surface area contributed by atoms with Crippen molar-refractivity contribution in [1.82, 2.24) is 14.1 Å². The zero-order valence-electron chi connectivity index (χ0n) is 20.3. The molecule has 1 amide bonds. The summed E-state index contributed by atoms with van der Waals surface area (Å²) in [7, 11) is 0. The first-order valence-corrected chi connectivity index (χ1v) is 11.5. The fraction of sp³-hybridized carbons (Fsp3) is 0.400. The van der Waals surface area contributed by atoms with Gasteiger partial charge in [-0.25, -0.2) is 14.5 Å². The summed E-state index contributed by atoms with van der Waals surface area (Å²) in [6, 6.07) is 11.3. The van der Waals surface area contributed by atoms with E-state index in [1.807, 2.05) is 30.3 Å². The summed E-state index contributed by atoms with van der Waals surface area (Å²) in [6.45, 7) is 8.26. The molecule has 2 atom stereocenters. The van der Waals surface area contributed by atoms with Crippen LogP contribution in [0.3, 0.4) is 0 Å². The number of aromatic nitrogens is 3. The van der Waals surface area contributed by atoms with Gasteiger partial charge in [0.2, 0.25) is 24.3 Å². The molecule has 0 bridgehead atoms. The Morgan fingerprint density at radius 2 is 1.54 bits per heavy atom. The summed E-state index contributed by atoms with van der Waals surface area (Å²) >= 11 is 0. The van der Waals surface area contributed by atoms with Crippen LogP contribution in [0.25, 0.3) is 11.0 Å². The maximum absolute atomic E-state index is 13.8. The summed E-state index contributed by atoms with van der Waals surface area (Å²) in [5, 5.41) is 0. The van der Waals surface area contributed by atoms with Crippen LogP contribution in [0.15, 0.2) is 47.4 Å². The predicted octanol–water partition coefficient (Wildman–Crippen LogP) is 2.84. The van der Waals surface area contributed by atoms with Crippen LogP contribution in [0.5, 0.6) is 0 Å². The molecule has 1 aliphatic heterocycles. The highest BCUT2D eigenvalue weighted by Gasteiger charge is 2.48. The number of anilines is 1. The quantitative estimate of drug-likeness (QED) is 0.499. The van der Waals surface area contributed by atoms with Crippen molar-refractivity contribution in [2.45, 2.75) is 53.6 Å². The molecule has 0 fully saturated rings. The van der Waals surface area contributed by atoms with Crippen LogP contribution in [0, 0.1) is 11.8 Å². The van der Waals surface area contributed by atoms with Gasteiger partial charge in [-0.2, -0.15) is 0 Å². The largest absolute Gasteiger partial charge is 0.434 e. The molecule has 10 nitrogen and oxygen atoms in total. The lowest BCUT2D eigenvalue weighted by molar-refractivity contribution is -0.178. The van der Waals surface area contributed by atoms with E-state index >= 15 is 0 Å². The number of carbonyl (C=O) groups is 3. The van der Waals surface area contributed by atoms with Gasteiger partial charge in [0.15, 0.2) is 0 Å². The summed E-state index contributed by atoms with van der Waals surface area (Å²) < 4.78 is 14.1. The number of rotatable bonds is 6. The maximum Gasteiger partial charge on any atom is 0.310 e. The lowest BCUT2D eigenvalue weighted by Gasteiger charge is -2.26. The van der Waals surface area contributed by atoms with Crippen molar-refractivity contribution < 1.29 is 23.9 Å². The van der Waals surface area contributed by atoms with E-state index in [-0.39, 0.29) is 11.5 Å². The molecule has 2 unspecified atom stereocenters. The van der Waals surface area contributed by atoms with E-state index in [0.717, 1.165) is 15.0 Å². The smallest absolute Gasteiger partial charge is 0.310 e. The second-order valence-electron chi connectivity index (χ2n) is 9.10. The Kier molecular flexibility index (Phi) is 6.47. The van der Waals surface area contributed by atoms with Gasteiger partial charge in [0, 0.05) is 19.7 Å². The minimum Gasteiger partial charge on any atom is -0.434 e. The zero-order valence-corrected chi connectivity index (χ0v) is 20.3. The molecule has 0 aliphatic carbocycles. The van der Waals surface area contributed by atoms with E-state index in [0.29, 0.717) is 12.1 Å². The Bertz CT molecular complexity index is 1340. The summed E-state index contributed by atoms with van der Waals surface area (Å²) in [6.07, 6.45) is -0.999. The van der Waals surface area contributed by atoms with E-state index in [1.54, 1.807) is 44.5 Å². The molecule has 35 heavy (non-hydrogen) atoms. The van der Waals surface area contributed by atoms with Gasteiger partial charge in [-0.15, -0.1) is 0 Å². The van der Waals surface area contributed by atoms with Crippen molar-refractivity contribution >= 4 is 34.8 Å². The molecule has 0 radical (unpaired) electrons. The molecule has 2 aromatic heterocycles. The van der Waals surface area contributed by atoms with Gasteiger partial charge in [0.05, 0.1) is 17.4 Å². The molecule has 1 aliphatic rings. The van der Waals surface area contributed by atoms with Gasteiger partial charge in [0.25, 0.3) is 5.56 Å². The van der Waals surface area contributed by atoms with Crippen molar-refractivity contribution in [3.8, 4) is 0 Å².